The largest absolute Gasteiger partial charge is 0.0996 e. The maximum atomic E-state index is 4.26. The summed E-state index contributed by atoms with van der Waals surface area (Å²) in [7, 11) is 0. The van der Waals surface area contributed by atoms with Gasteiger partial charge in [-0.25, -0.2) is 0 Å². The zero-order chi connectivity index (χ0) is 9.90. The van der Waals surface area contributed by atoms with Crippen LogP contribution in [-0.2, 0) is 0 Å². The van der Waals surface area contributed by atoms with E-state index in [1.165, 1.54) is 44.1 Å². The highest BCUT2D eigenvalue weighted by atomic mass is 14.3. The number of allylic oxidation sites excluding steroid dienone is 1. The van der Waals surface area contributed by atoms with E-state index >= 15 is 0 Å². The van der Waals surface area contributed by atoms with Gasteiger partial charge in [0.2, 0.25) is 0 Å². The minimum atomic E-state index is 0.425. The van der Waals surface area contributed by atoms with Crippen LogP contribution in [0.4, 0.5) is 0 Å². The van der Waals surface area contributed by atoms with Crippen molar-refractivity contribution in [3.8, 4) is 0 Å². The van der Waals surface area contributed by atoms with Crippen molar-refractivity contribution in [3.63, 3.8) is 0 Å². The molecule has 0 aromatic carbocycles. The fourth-order valence-corrected chi connectivity index (χ4v) is 2.34. The lowest BCUT2D eigenvalue weighted by atomic mass is 9.78. The second-order valence-electron chi connectivity index (χ2n) is 5.73. The molecule has 76 valence electrons. The van der Waals surface area contributed by atoms with Gasteiger partial charge in [0.05, 0.1) is 0 Å². The summed E-state index contributed by atoms with van der Waals surface area (Å²) in [6.45, 7) is 11.2. The van der Waals surface area contributed by atoms with Gasteiger partial charge in [-0.3, -0.25) is 0 Å². The smallest absolute Gasteiger partial charge is 0.0206 e. The van der Waals surface area contributed by atoms with Gasteiger partial charge >= 0.3 is 0 Å². The third-order valence-electron chi connectivity index (χ3n) is 2.94. The Labute approximate surface area is 83.4 Å². The van der Waals surface area contributed by atoms with E-state index in [0.29, 0.717) is 5.41 Å². The van der Waals surface area contributed by atoms with Crippen molar-refractivity contribution in [2.45, 2.75) is 59.3 Å². The van der Waals surface area contributed by atoms with E-state index in [1.54, 1.807) is 0 Å². The summed E-state index contributed by atoms with van der Waals surface area (Å²) in [4.78, 5) is 0. The van der Waals surface area contributed by atoms with Gasteiger partial charge in [-0.2, -0.15) is 0 Å². The van der Waals surface area contributed by atoms with Crippen LogP contribution in [0.1, 0.15) is 59.3 Å². The van der Waals surface area contributed by atoms with Gasteiger partial charge in [-0.1, -0.05) is 52.2 Å². The highest BCUT2D eigenvalue weighted by Crippen LogP contribution is 2.34. The molecule has 0 aromatic heterocycles. The molecule has 0 N–H and O–H groups in total. The molecule has 0 aromatic rings. The molecule has 0 heteroatoms. The molecule has 1 saturated carbocycles. The van der Waals surface area contributed by atoms with Crippen LogP contribution < -0.4 is 0 Å². The van der Waals surface area contributed by atoms with E-state index in [-0.39, 0.29) is 0 Å². The highest BCUT2D eigenvalue weighted by Gasteiger charge is 2.20. The second kappa shape index (κ2) is 4.30. The molecule has 0 atom stereocenters. The fourth-order valence-electron chi connectivity index (χ4n) is 2.34. The third-order valence-corrected chi connectivity index (χ3v) is 2.94. The monoisotopic (exact) mass is 180 g/mol. The average molecular weight is 180 g/mol. The first-order chi connectivity index (χ1) is 5.99. The quantitative estimate of drug-likeness (QED) is 0.546. The van der Waals surface area contributed by atoms with E-state index in [1.807, 2.05) is 0 Å². The standard InChI is InChI=1S/C13H24/c1-11(10-13(2,3)4)12-8-6-5-7-9-12/h12H,1,5-10H2,2-4H3. The van der Waals surface area contributed by atoms with Crippen LogP contribution in [0.5, 0.6) is 0 Å². The Hall–Kier alpha value is -0.260. The van der Waals surface area contributed by atoms with Crippen molar-refractivity contribution in [2.75, 3.05) is 0 Å². The Bertz CT molecular complexity index is 165. The first-order valence-electron chi connectivity index (χ1n) is 5.67. The molecule has 0 nitrogen and oxygen atoms in total. The SMILES string of the molecule is C=C(CC(C)(C)C)C1CCCCC1. The van der Waals surface area contributed by atoms with Crippen LogP contribution in [0.2, 0.25) is 0 Å². The number of rotatable bonds is 2. The van der Waals surface area contributed by atoms with Gasteiger partial charge in [0.1, 0.15) is 0 Å². The molecule has 13 heavy (non-hydrogen) atoms. The summed E-state index contributed by atoms with van der Waals surface area (Å²) in [5.74, 6) is 0.841. The topological polar surface area (TPSA) is 0 Å². The van der Waals surface area contributed by atoms with E-state index < -0.39 is 0 Å². The molecule has 0 amide bonds. The van der Waals surface area contributed by atoms with Gasteiger partial charge < -0.3 is 0 Å². The molecule has 0 radical (unpaired) electrons. The summed E-state index contributed by atoms with van der Waals surface area (Å²) in [6.07, 6.45) is 8.29. The van der Waals surface area contributed by atoms with Crippen molar-refractivity contribution in [1.82, 2.24) is 0 Å². The lowest BCUT2D eigenvalue weighted by molar-refractivity contribution is 0.345. The van der Waals surface area contributed by atoms with Crippen molar-refractivity contribution in [2.24, 2.45) is 11.3 Å². The van der Waals surface area contributed by atoms with Gasteiger partial charge in [-0.15, -0.1) is 0 Å². The molecule has 1 aliphatic carbocycles. The number of hydrogen-bond donors (Lipinski definition) is 0. The first kappa shape index (κ1) is 10.8. The van der Waals surface area contributed by atoms with Gasteiger partial charge in [-0.05, 0) is 30.6 Å². The van der Waals surface area contributed by atoms with E-state index in [9.17, 15) is 0 Å². The molecule has 0 unspecified atom stereocenters. The molecule has 1 aliphatic rings. The number of hydrogen-bond acceptors (Lipinski definition) is 0. The molecule has 0 aliphatic heterocycles. The van der Waals surface area contributed by atoms with Crippen molar-refractivity contribution in [1.29, 1.82) is 0 Å². The van der Waals surface area contributed by atoms with Gasteiger partial charge in [0.15, 0.2) is 0 Å². The Morgan fingerprint density at radius 3 is 2.15 bits per heavy atom. The molecule has 0 saturated heterocycles. The molecule has 1 fully saturated rings. The summed E-state index contributed by atoms with van der Waals surface area (Å²) in [5, 5.41) is 0. The third kappa shape index (κ3) is 3.97. The summed E-state index contributed by atoms with van der Waals surface area (Å²) < 4.78 is 0. The molecular formula is C13H24. The molecule has 1 rings (SSSR count). The molecule has 0 bridgehead atoms. The van der Waals surface area contributed by atoms with Gasteiger partial charge in [0, 0.05) is 0 Å². The minimum absolute atomic E-state index is 0.425. The molecular weight excluding hydrogens is 156 g/mol. The van der Waals surface area contributed by atoms with Crippen LogP contribution in [0, 0.1) is 11.3 Å². The maximum Gasteiger partial charge on any atom is -0.0206 e. The van der Waals surface area contributed by atoms with E-state index in [0.717, 1.165) is 5.92 Å². The first-order valence-corrected chi connectivity index (χ1v) is 5.67. The summed E-state index contributed by atoms with van der Waals surface area (Å²) in [6, 6.07) is 0. The highest BCUT2D eigenvalue weighted by molar-refractivity contribution is 5.04. The Morgan fingerprint density at radius 1 is 1.15 bits per heavy atom. The van der Waals surface area contributed by atoms with Crippen LogP contribution in [0.25, 0.3) is 0 Å². The summed E-state index contributed by atoms with van der Waals surface area (Å²) in [5.41, 5.74) is 1.93. The van der Waals surface area contributed by atoms with Crippen LogP contribution in [0.3, 0.4) is 0 Å². The van der Waals surface area contributed by atoms with Gasteiger partial charge in [0.25, 0.3) is 0 Å². The Balaban J connectivity index is 2.38. The lowest BCUT2D eigenvalue weighted by Crippen LogP contribution is -2.14. The van der Waals surface area contributed by atoms with Crippen LogP contribution in [0.15, 0.2) is 12.2 Å². The predicted molar refractivity (Wildman–Crippen MR) is 59.8 cm³/mol. The lowest BCUT2D eigenvalue weighted by Gasteiger charge is -2.28. The fraction of sp³-hybridized carbons (Fsp3) is 0.846. The van der Waals surface area contributed by atoms with Crippen LogP contribution in [-0.4, -0.2) is 0 Å². The van der Waals surface area contributed by atoms with E-state index in [4.69, 9.17) is 0 Å². The maximum absolute atomic E-state index is 4.26. The zero-order valence-corrected chi connectivity index (χ0v) is 9.53. The van der Waals surface area contributed by atoms with Crippen LogP contribution >= 0.6 is 0 Å². The van der Waals surface area contributed by atoms with Crippen molar-refractivity contribution < 1.29 is 0 Å². The predicted octanol–water partition coefficient (Wildman–Crippen LogP) is 4.56. The molecule has 0 spiro atoms. The summed E-state index contributed by atoms with van der Waals surface area (Å²) >= 11 is 0. The van der Waals surface area contributed by atoms with Crippen molar-refractivity contribution >= 4 is 0 Å². The zero-order valence-electron chi connectivity index (χ0n) is 9.53. The Kier molecular flexibility index (Phi) is 3.58. The average Bonchev–Trinajstić information content (AvgIpc) is 2.03. The minimum Gasteiger partial charge on any atom is -0.0996 e. The normalized spacial score (nSPS) is 20.2. The van der Waals surface area contributed by atoms with Crippen molar-refractivity contribution in [3.05, 3.63) is 12.2 Å². The molecule has 0 heterocycles. The second-order valence-corrected chi connectivity index (χ2v) is 5.73. The van der Waals surface area contributed by atoms with E-state index in [2.05, 4.69) is 27.4 Å². The Morgan fingerprint density at radius 2 is 1.69 bits per heavy atom.